The molecule has 0 saturated heterocycles. The number of benzene rings is 1. The van der Waals surface area contributed by atoms with E-state index in [2.05, 4.69) is 13.8 Å². The summed E-state index contributed by atoms with van der Waals surface area (Å²) >= 11 is 4.87. The highest BCUT2D eigenvalue weighted by molar-refractivity contribution is 7.91. The normalized spacial score (nSPS) is 12.1. The Morgan fingerprint density at radius 2 is 2.05 bits per heavy atom. The van der Waals surface area contributed by atoms with E-state index >= 15 is 0 Å². The van der Waals surface area contributed by atoms with Crippen LogP contribution in [0.15, 0.2) is 29.2 Å². The fourth-order valence-corrected chi connectivity index (χ4v) is 3.46. The van der Waals surface area contributed by atoms with E-state index in [0.717, 1.165) is 6.54 Å². The second-order valence-electron chi connectivity index (χ2n) is 5.37. The fourth-order valence-electron chi connectivity index (χ4n) is 1.95. The minimum Gasteiger partial charge on any atom is -0.389 e. The molecule has 1 rings (SSSR count). The molecule has 0 aromatic heterocycles. The van der Waals surface area contributed by atoms with Gasteiger partial charge in [-0.1, -0.05) is 38.2 Å². The van der Waals surface area contributed by atoms with Crippen molar-refractivity contribution in [2.24, 2.45) is 11.7 Å². The quantitative estimate of drug-likeness (QED) is 0.776. The Labute approximate surface area is 126 Å². The zero-order valence-electron chi connectivity index (χ0n) is 12.2. The molecule has 112 valence electrons. The van der Waals surface area contributed by atoms with E-state index in [1.807, 2.05) is 11.9 Å². The molecule has 2 N–H and O–H groups in total. The van der Waals surface area contributed by atoms with Gasteiger partial charge in [-0.05, 0) is 25.1 Å². The second kappa shape index (κ2) is 7.15. The highest BCUT2D eigenvalue weighted by Gasteiger charge is 2.16. The Morgan fingerprint density at radius 1 is 1.40 bits per heavy atom. The van der Waals surface area contributed by atoms with Crippen molar-refractivity contribution in [2.75, 3.05) is 25.9 Å². The highest BCUT2D eigenvalue weighted by Crippen LogP contribution is 2.14. The van der Waals surface area contributed by atoms with Crippen molar-refractivity contribution in [3.63, 3.8) is 0 Å². The summed E-state index contributed by atoms with van der Waals surface area (Å²) < 4.78 is 24.6. The standard InChI is InChI=1S/C14H22N2O2S2/c1-11(2)10-16(3)7-8-20(17,18)13-6-4-5-12(9-13)14(15)19/h4-6,9,11H,7-8,10H2,1-3H3,(H2,15,19). The molecule has 0 saturated carbocycles. The molecule has 0 amide bonds. The maximum Gasteiger partial charge on any atom is 0.179 e. The predicted molar refractivity (Wildman–Crippen MR) is 86.7 cm³/mol. The third-order valence-corrected chi connectivity index (χ3v) is 4.82. The first-order chi connectivity index (χ1) is 9.22. The van der Waals surface area contributed by atoms with E-state index in [1.165, 1.54) is 0 Å². The van der Waals surface area contributed by atoms with Gasteiger partial charge in [0, 0.05) is 18.7 Å². The number of nitrogens with two attached hydrogens (primary N) is 1. The van der Waals surface area contributed by atoms with Gasteiger partial charge in [0.1, 0.15) is 4.99 Å². The van der Waals surface area contributed by atoms with Gasteiger partial charge in [-0.2, -0.15) is 0 Å². The Morgan fingerprint density at radius 3 is 2.60 bits per heavy atom. The molecule has 0 radical (unpaired) electrons. The van der Waals surface area contributed by atoms with Gasteiger partial charge in [0.05, 0.1) is 10.6 Å². The van der Waals surface area contributed by atoms with Crippen LogP contribution in [0.1, 0.15) is 19.4 Å². The molecule has 0 bridgehead atoms. The lowest BCUT2D eigenvalue weighted by Crippen LogP contribution is -2.29. The van der Waals surface area contributed by atoms with Crippen molar-refractivity contribution in [3.8, 4) is 0 Å². The maximum absolute atomic E-state index is 12.3. The maximum atomic E-state index is 12.3. The van der Waals surface area contributed by atoms with Crippen LogP contribution in [0.4, 0.5) is 0 Å². The summed E-state index contributed by atoms with van der Waals surface area (Å²) in [4.78, 5) is 2.51. The molecular formula is C14H22N2O2S2. The third kappa shape index (κ3) is 5.19. The van der Waals surface area contributed by atoms with Gasteiger partial charge in [0.2, 0.25) is 0 Å². The Hall–Kier alpha value is -0.980. The van der Waals surface area contributed by atoms with E-state index in [9.17, 15) is 8.42 Å². The average Bonchev–Trinajstić information content (AvgIpc) is 2.36. The molecular weight excluding hydrogens is 292 g/mol. The molecule has 1 aromatic carbocycles. The lowest BCUT2D eigenvalue weighted by atomic mass is 10.2. The molecule has 0 spiro atoms. The van der Waals surface area contributed by atoms with Crippen LogP contribution in [0.2, 0.25) is 0 Å². The van der Waals surface area contributed by atoms with Gasteiger partial charge < -0.3 is 10.6 Å². The smallest absolute Gasteiger partial charge is 0.179 e. The van der Waals surface area contributed by atoms with Gasteiger partial charge in [0.25, 0.3) is 0 Å². The first-order valence-corrected chi connectivity index (χ1v) is 8.59. The summed E-state index contributed by atoms with van der Waals surface area (Å²) in [7, 11) is -1.37. The molecule has 0 aliphatic heterocycles. The summed E-state index contributed by atoms with van der Waals surface area (Å²) in [5.74, 6) is 0.609. The monoisotopic (exact) mass is 314 g/mol. The van der Waals surface area contributed by atoms with Gasteiger partial charge in [-0.15, -0.1) is 0 Å². The van der Waals surface area contributed by atoms with Crippen molar-refractivity contribution in [1.82, 2.24) is 4.90 Å². The van der Waals surface area contributed by atoms with Crippen molar-refractivity contribution < 1.29 is 8.42 Å². The zero-order valence-corrected chi connectivity index (χ0v) is 13.8. The molecule has 4 nitrogen and oxygen atoms in total. The van der Waals surface area contributed by atoms with E-state index in [4.69, 9.17) is 18.0 Å². The minimum atomic E-state index is -3.30. The van der Waals surface area contributed by atoms with Crippen LogP contribution in [0, 0.1) is 5.92 Å². The van der Waals surface area contributed by atoms with Crippen LogP contribution in [-0.4, -0.2) is 44.2 Å². The van der Waals surface area contributed by atoms with E-state index in [1.54, 1.807) is 24.3 Å². The van der Waals surface area contributed by atoms with Crippen LogP contribution in [0.25, 0.3) is 0 Å². The number of hydrogen-bond acceptors (Lipinski definition) is 4. The van der Waals surface area contributed by atoms with Gasteiger partial charge >= 0.3 is 0 Å². The zero-order chi connectivity index (χ0) is 15.3. The first-order valence-electron chi connectivity index (χ1n) is 6.53. The Balaban J connectivity index is 2.79. The summed E-state index contributed by atoms with van der Waals surface area (Å²) in [5, 5.41) is 0. The second-order valence-corrected chi connectivity index (χ2v) is 7.92. The highest BCUT2D eigenvalue weighted by atomic mass is 32.2. The topological polar surface area (TPSA) is 63.4 Å². The van der Waals surface area contributed by atoms with Gasteiger partial charge in [-0.3, -0.25) is 0 Å². The first kappa shape index (κ1) is 17.1. The number of rotatable bonds is 7. The fraction of sp³-hybridized carbons (Fsp3) is 0.500. The molecule has 0 heterocycles. The summed E-state index contributed by atoms with van der Waals surface area (Å²) in [6.07, 6.45) is 0. The lowest BCUT2D eigenvalue weighted by molar-refractivity contribution is 0.311. The minimum absolute atomic E-state index is 0.0943. The van der Waals surface area contributed by atoms with E-state index in [0.29, 0.717) is 18.0 Å². The number of hydrogen-bond donors (Lipinski definition) is 1. The SMILES string of the molecule is CC(C)CN(C)CCS(=O)(=O)c1cccc(C(N)=S)c1. The number of sulfone groups is 1. The van der Waals surface area contributed by atoms with Crippen LogP contribution < -0.4 is 5.73 Å². The van der Waals surface area contributed by atoms with Crippen LogP contribution >= 0.6 is 12.2 Å². The van der Waals surface area contributed by atoms with Crippen molar-refractivity contribution in [3.05, 3.63) is 29.8 Å². The average molecular weight is 314 g/mol. The molecule has 0 fully saturated rings. The molecule has 0 atom stereocenters. The van der Waals surface area contributed by atoms with E-state index in [-0.39, 0.29) is 15.6 Å². The van der Waals surface area contributed by atoms with Crippen molar-refractivity contribution in [1.29, 1.82) is 0 Å². The van der Waals surface area contributed by atoms with Gasteiger partial charge in [-0.25, -0.2) is 8.42 Å². The van der Waals surface area contributed by atoms with Crippen LogP contribution in [-0.2, 0) is 9.84 Å². The summed E-state index contributed by atoms with van der Waals surface area (Å²) in [6, 6.07) is 6.51. The predicted octanol–water partition coefficient (Wildman–Crippen LogP) is 1.68. The van der Waals surface area contributed by atoms with Crippen LogP contribution in [0.5, 0.6) is 0 Å². The Bertz CT molecular complexity index is 568. The van der Waals surface area contributed by atoms with E-state index < -0.39 is 9.84 Å². The molecule has 0 aliphatic rings. The molecule has 20 heavy (non-hydrogen) atoms. The summed E-state index contributed by atoms with van der Waals surface area (Å²) in [6.45, 7) is 5.60. The Kier molecular flexibility index (Phi) is 6.10. The molecule has 6 heteroatoms. The largest absolute Gasteiger partial charge is 0.389 e. The molecule has 0 unspecified atom stereocenters. The van der Waals surface area contributed by atoms with Gasteiger partial charge in [0.15, 0.2) is 9.84 Å². The number of thiocarbonyl (C=S) groups is 1. The lowest BCUT2D eigenvalue weighted by Gasteiger charge is -2.18. The molecule has 1 aromatic rings. The van der Waals surface area contributed by atoms with Crippen molar-refractivity contribution >= 4 is 27.0 Å². The third-order valence-electron chi connectivity index (χ3n) is 2.90. The molecule has 0 aliphatic carbocycles. The summed E-state index contributed by atoms with van der Waals surface area (Å²) in [5.41, 5.74) is 6.11. The van der Waals surface area contributed by atoms with Crippen LogP contribution in [0.3, 0.4) is 0 Å². The van der Waals surface area contributed by atoms with Crippen molar-refractivity contribution in [2.45, 2.75) is 18.7 Å². The number of nitrogens with zero attached hydrogens (tertiary/aromatic N) is 1.